The van der Waals surface area contributed by atoms with Crippen molar-refractivity contribution in [3.8, 4) is 11.5 Å². The Morgan fingerprint density at radius 2 is 2.05 bits per heavy atom. The SMILES string of the molecule is CCNCc1ccc(OC)c(OCc2ccsc2)c1. The number of methoxy groups -OCH3 is 1. The van der Waals surface area contributed by atoms with Gasteiger partial charge in [0.1, 0.15) is 6.61 Å². The Hall–Kier alpha value is -1.52. The molecule has 0 saturated heterocycles. The summed E-state index contributed by atoms with van der Waals surface area (Å²) in [5, 5.41) is 7.45. The Bertz CT molecular complexity index is 497. The molecule has 1 aromatic carbocycles. The fourth-order valence-corrected chi connectivity index (χ4v) is 2.40. The van der Waals surface area contributed by atoms with Crippen molar-refractivity contribution in [3.05, 3.63) is 46.2 Å². The number of hydrogen-bond donors (Lipinski definition) is 1. The second kappa shape index (κ2) is 7.16. The van der Waals surface area contributed by atoms with Gasteiger partial charge in [0, 0.05) is 6.54 Å². The zero-order chi connectivity index (χ0) is 13.5. The minimum Gasteiger partial charge on any atom is -0.493 e. The topological polar surface area (TPSA) is 30.5 Å². The van der Waals surface area contributed by atoms with Crippen molar-refractivity contribution < 1.29 is 9.47 Å². The number of ether oxygens (including phenoxy) is 2. The highest BCUT2D eigenvalue weighted by Gasteiger charge is 2.06. The predicted molar refractivity (Wildman–Crippen MR) is 79.0 cm³/mol. The van der Waals surface area contributed by atoms with E-state index < -0.39 is 0 Å². The molecule has 102 valence electrons. The highest BCUT2D eigenvalue weighted by atomic mass is 32.1. The van der Waals surface area contributed by atoms with Gasteiger partial charge >= 0.3 is 0 Å². The highest BCUT2D eigenvalue weighted by molar-refractivity contribution is 7.07. The van der Waals surface area contributed by atoms with Gasteiger partial charge in [-0.2, -0.15) is 11.3 Å². The van der Waals surface area contributed by atoms with E-state index in [0.717, 1.165) is 24.6 Å². The van der Waals surface area contributed by atoms with Crippen molar-refractivity contribution in [1.82, 2.24) is 5.32 Å². The van der Waals surface area contributed by atoms with Gasteiger partial charge in [0.25, 0.3) is 0 Å². The molecule has 19 heavy (non-hydrogen) atoms. The van der Waals surface area contributed by atoms with Crippen molar-refractivity contribution in [2.24, 2.45) is 0 Å². The summed E-state index contributed by atoms with van der Waals surface area (Å²) < 4.78 is 11.2. The van der Waals surface area contributed by atoms with Crippen molar-refractivity contribution >= 4 is 11.3 Å². The lowest BCUT2D eigenvalue weighted by Gasteiger charge is -2.12. The third-order valence-corrected chi connectivity index (χ3v) is 3.51. The number of nitrogens with one attached hydrogen (secondary N) is 1. The molecule has 0 radical (unpaired) electrons. The van der Waals surface area contributed by atoms with E-state index in [4.69, 9.17) is 9.47 Å². The van der Waals surface area contributed by atoms with Crippen LogP contribution in [0, 0.1) is 0 Å². The summed E-state index contributed by atoms with van der Waals surface area (Å²) in [6.07, 6.45) is 0. The molecule has 0 spiro atoms. The summed E-state index contributed by atoms with van der Waals surface area (Å²) in [4.78, 5) is 0. The largest absolute Gasteiger partial charge is 0.493 e. The van der Waals surface area contributed by atoms with Crippen LogP contribution in [0.3, 0.4) is 0 Å². The van der Waals surface area contributed by atoms with Crippen LogP contribution in [0.15, 0.2) is 35.0 Å². The first-order valence-electron chi connectivity index (χ1n) is 6.35. The van der Waals surface area contributed by atoms with Crippen LogP contribution in [0.5, 0.6) is 11.5 Å². The third-order valence-electron chi connectivity index (χ3n) is 2.78. The summed E-state index contributed by atoms with van der Waals surface area (Å²) in [6, 6.07) is 8.11. The average Bonchev–Trinajstić information content (AvgIpc) is 2.96. The molecule has 0 unspecified atom stereocenters. The molecule has 2 rings (SSSR count). The maximum absolute atomic E-state index is 5.85. The summed E-state index contributed by atoms with van der Waals surface area (Å²) >= 11 is 1.68. The molecule has 1 N–H and O–H groups in total. The van der Waals surface area contributed by atoms with Crippen LogP contribution in [0.1, 0.15) is 18.1 Å². The van der Waals surface area contributed by atoms with Gasteiger partial charge < -0.3 is 14.8 Å². The van der Waals surface area contributed by atoms with Crippen LogP contribution in [0.25, 0.3) is 0 Å². The molecule has 4 heteroatoms. The fraction of sp³-hybridized carbons (Fsp3) is 0.333. The van der Waals surface area contributed by atoms with E-state index in [0.29, 0.717) is 6.61 Å². The molecule has 0 aliphatic heterocycles. The van der Waals surface area contributed by atoms with Crippen molar-refractivity contribution in [3.63, 3.8) is 0 Å². The quantitative estimate of drug-likeness (QED) is 0.841. The van der Waals surface area contributed by atoms with Crippen LogP contribution < -0.4 is 14.8 Å². The normalized spacial score (nSPS) is 10.4. The van der Waals surface area contributed by atoms with Gasteiger partial charge in [0.15, 0.2) is 11.5 Å². The summed E-state index contributed by atoms with van der Waals surface area (Å²) in [6.45, 7) is 4.47. The molecular weight excluding hydrogens is 258 g/mol. The minimum atomic E-state index is 0.574. The Labute approximate surface area is 118 Å². The Kier molecular flexibility index (Phi) is 5.24. The van der Waals surface area contributed by atoms with Crippen molar-refractivity contribution in [2.45, 2.75) is 20.1 Å². The van der Waals surface area contributed by atoms with Crippen molar-refractivity contribution in [1.29, 1.82) is 0 Å². The van der Waals surface area contributed by atoms with E-state index in [1.807, 2.05) is 12.1 Å². The molecule has 0 bridgehead atoms. The zero-order valence-corrected chi connectivity index (χ0v) is 12.1. The van der Waals surface area contributed by atoms with Crippen LogP contribution >= 0.6 is 11.3 Å². The van der Waals surface area contributed by atoms with E-state index in [-0.39, 0.29) is 0 Å². The molecule has 0 fully saturated rings. The van der Waals surface area contributed by atoms with Crippen LogP contribution in [-0.2, 0) is 13.2 Å². The molecule has 0 saturated carbocycles. The highest BCUT2D eigenvalue weighted by Crippen LogP contribution is 2.29. The summed E-state index contributed by atoms with van der Waals surface area (Å²) in [7, 11) is 1.66. The van der Waals surface area contributed by atoms with E-state index in [1.165, 1.54) is 11.1 Å². The van der Waals surface area contributed by atoms with E-state index >= 15 is 0 Å². The lowest BCUT2D eigenvalue weighted by molar-refractivity contribution is 0.284. The summed E-state index contributed by atoms with van der Waals surface area (Å²) in [5.41, 5.74) is 2.38. The first kappa shape index (κ1) is 13.9. The minimum absolute atomic E-state index is 0.574. The average molecular weight is 277 g/mol. The molecule has 2 aromatic rings. The standard InChI is InChI=1S/C15H19NO2S/c1-3-16-9-12-4-5-14(17-2)15(8-12)18-10-13-6-7-19-11-13/h4-8,11,16H,3,9-10H2,1-2H3. The van der Waals surface area contributed by atoms with Gasteiger partial charge in [0.05, 0.1) is 7.11 Å². The zero-order valence-electron chi connectivity index (χ0n) is 11.3. The van der Waals surface area contributed by atoms with Gasteiger partial charge in [-0.25, -0.2) is 0 Å². The monoisotopic (exact) mass is 277 g/mol. The van der Waals surface area contributed by atoms with E-state index in [2.05, 4.69) is 35.1 Å². The molecule has 0 atom stereocenters. The number of benzene rings is 1. The Balaban J connectivity index is 2.07. The van der Waals surface area contributed by atoms with Gasteiger partial charge in [-0.05, 0) is 46.6 Å². The first-order valence-corrected chi connectivity index (χ1v) is 7.29. The van der Waals surface area contributed by atoms with Crippen LogP contribution in [0.4, 0.5) is 0 Å². The van der Waals surface area contributed by atoms with Gasteiger partial charge in [-0.15, -0.1) is 0 Å². The maximum atomic E-state index is 5.85. The molecule has 0 amide bonds. The number of rotatable bonds is 7. The van der Waals surface area contributed by atoms with Gasteiger partial charge in [-0.1, -0.05) is 13.0 Å². The molecule has 0 aliphatic carbocycles. The number of thiophene rings is 1. The predicted octanol–water partition coefficient (Wildman–Crippen LogP) is 3.45. The van der Waals surface area contributed by atoms with Gasteiger partial charge in [0.2, 0.25) is 0 Å². The Morgan fingerprint density at radius 3 is 2.74 bits per heavy atom. The maximum Gasteiger partial charge on any atom is 0.161 e. The summed E-state index contributed by atoms with van der Waals surface area (Å²) in [5.74, 6) is 1.57. The second-order valence-corrected chi connectivity index (χ2v) is 4.97. The fourth-order valence-electron chi connectivity index (χ4n) is 1.75. The molecule has 1 heterocycles. The molecular formula is C15H19NO2S. The van der Waals surface area contributed by atoms with Gasteiger partial charge in [-0.3, -0.25) is 0 Å². The second-order valence-electron chi connectivity index (χ2n) is 4.19. The molecule has 0 aliphatic rings. The third kappa shape index (κ3) is 3.98. The lowest BCUT2D eigenvalue weighted by atomic mass is 10.2. The van der Waals surface area contributed by atoms with E-state index in [9.17, 15) is 0 Å². The van der Waals surface area contributed by atoms with Crippen LogP contribution in [0.2, 0.25) is 0 Å². The van der Waals surface area contributed by atoms with Crippen LogP contribution in [-0.4, -0.2) is 13.7 Å². The molecule has 3 nitrogen and oxygen atoms in total. The Morgan fingerprint density at radius 1 is 1.16 bits per heavy atom. The lowest BCUT2D eigenvalue weighted by Crippen LogP contribution is -2.11. The first-order chi connectivity index (χ1) is 9.33. The van der Waals surface area contributed by atoms with Crippen molar-refractivity contribution in [2.75, 3.05) is 13.7 Å². The molecule has 1 aromatic heterocycles. The smallest absolute Gasteiger partial charge is 0.161 e. The number of hydrogen-bond acceptors (Lipinski definition) is 4. The van der Waals surface area contributed by atoms with E-state index in [1.54, 1.807) is 18.4 Å².